The number of aromatic hydroxyl groups is 1. The second-order valence-corrected chi connectivity index (χ2v) is 5.99. The van der Waals surface area contributed by atoms with E-state index < -0.39 is 0 Å². The maximum atomic E-state index is 10.6. The van der Waals surface area contributed by atoms with E-state index >= 15 is 0 Å². The molecule has 0 bridgehead atoms. The summed E-state index contributed by atoms with van der Waals surface area (Å²) in [4.78, 5) is 2.30. The van der Waals surface area contributed by atoms with Gasteiger partial charge in [-0.1, -0.05) is 18.2 Å². The maximum Gasteiger partial charge on any atom is 0.162 e. The van der Waals surface area contributed by atoms with Gasteiger partial charge in [0.2, 0.25) is 0 Å². The van der Waals surface area contributed by atoms with Crippen molar-refractivity contribution in [1.82, 2.24) is 4.90 Å². The fourth-order valence-electron chi connectivity index (χ4n) is 3.30. The lowest BCUT2D eigenvalue weighted by atomic mass is 9.88. The highest BCUT2D eigenvalue weighted by Crippen LogP contribution is 2.42. The number of fused-ring (bicyclic) bond motifs is 1. The molecule has 1 atom stereocenters. The fourth-order valence-corrected chi connectivity index (χ4v) is 3.30. The van der Waals surface area contributed by atoms with Crippen LogP contribution in [0.15, 0.2) is 36.4 Å². The smallest absolute Gasteiger partial charge is 0.162 e. The van der Waals surface area contributed by atoms with Crippen molar-refractivity contribution >= 4 is 0 Å². The number of ether oxygens (including phenoxy) is 2. The summed E-state index contributed by atoms with van der Waals surface area (Å²) in [5, 5.41) is 10.6. The minimum absolute atomic E-state index is 0.141. The first kappa shape index (κ1) is 15.7. The summed E-state index contributed by atoms with van der Waals surface area (Å²) in [5.74, 6) is 1.67. The van der Waals surface area contributed by atoms with Crippen molar-refractivity contribution < 1.29 is 14.6 Å². The quantitative estimate of drug-likeness (QED) is 0.941. The zero-order valence-corrected chi connectivity index (χ0v) is 13.9. The highest BCUT2D eigenvalue weighted by molar-refractivity contribution is 5.52. The summed E-state index contributed by atoms with van der Waals surface area (Å²) in [6.07, 6.45) is 1.79. The first-order chi connectivity index (χ1) is 11.1. The molecule has 0 aliphatic carbocycles. The Hall–Kier alpha value is -2.20. The van der Waals surface area contributed by atoms with Crippen LogP contribution in [0.2, 0.25) is 0 Å². The van der Waals surface area contributed by atoms with Gasteiger partial charge < -0.3 is 14.6 Å². The first-order valence-electron chi connectivity index (χ1n) is 7.86. The van der Waals surface area contributed by atoms with Gasteiger partial charge in [0, 0.05) is 18.2 Å². The Morgan fingerprint density at radius 3 is 2.48 bits per heavy atom. The predicted molar refractivity (Wildman–Crippen MR) is 90.4 cm³/mol. The Morgan fingerprint density at radius 2 is 1.83 bits per heavy atom. The van der Waals surface area contributed by atoms with Crippen LogP contribution in [0.25, 0.3) is 0 Å². The number of phenolic OH excluding ortho intramolecular Hbond substituents is 1. The zero-order valence-electron chi connectivity index (χ0n) is 13.9. The molecular weight excluding hydrogens is 290 g/mol. The molecule has 0 saturated heterocycles. The van der Waals surface area contributed by atoms with Gasteiger partial charge in [-0.25, -0.2) is 0 Å². The van der Waals surface area contributed by atoms with Crippen molar-refractivity contribution in [2.24, 2.45) is 0 Å². The predicted octanol–water partition coefficient (Wildman–Crippen LogP) is 3.18. The molecule has 1 aliphatic rings. The molecule has 4 nitrogen and oxygen atoms in total. The minimum atomic E-state index is 0.141. The molecule has 2 aromatic carbocycles. The minimum Gasteiger partial charge on any atom is -0.504 e. The van der Waals surface area contributed by atoms with E-state index in [0.717, 1.165) is 30.7 Å². The Kier molecular flexibility index (Phi) is 4.44. The Labute approximate surface area is 137 Å². The molecular formula is C19H23NO3. The van der Waals surface area contributed by atoms with Crippen LogP contribution in [0.4, 0.5) is 0 Å². The molecule has 0 aromatic heterocycles. The van der Waals surface area contributed by atoms with Crippen molar-refractivity contribution in [2.75, 3.05) is 27.8 Å². The number of rotatable bonds is 4. The third-order valence-corrected chi connectivity index (χ3v) is 4.68. The highest BCUT2D eigenvalue weighted by Gasteiger charge is 2.29. The molecule has 4 heteroatoms. The van der Waals surface area contributed by atoms with E-state index in [1.165, 1.54) is 11.1 Å². The van der Waals surface area contributed by atoms with Gasteiger partial charge in [0.1, 0.15) is 5.75 Å². The monoisotopic (exact) mass is 313 g/mol. The molecule has 1 aliphatic heterocycles. The van der Waals surface area contributed by atoms with E-state index in [9.17, 15) is 5.11 Å². The number of nitrogens with zero attached hydrogens (tertiary/aromatic N) is 1. The van der Waals surface area contributed by atoms with E-state index in [2.05, 4.69) is 30.1 Å². The number of benzene rings is 2. The van der Waals surface area contributed by atoms with Crippen LogP contribution in [0.1, 0.15) is 22.7 Å². The lowest BCUT2D eigenvalue weighted by Gasteiger charge is -2.35. The Balaban J connectivity index is 1.95. The van der Waals surface area contributed by atoms with E-state index in [0.29, 0.717) is 5.75 Å². The Bertz CT molecular complexity index is 682. The maximum absolute atomic E-state index is 10.6. The lowest BCUT2D eigenvalue weighted by molar-refractivity contribution is 0.222. The molecule has 2 aromatic rings. The normalized spacial score (nSPS) is 17.6. The summed E-state index contributed by atoms with van der Waals surface area (Å²) >= 11 is 0. The summed E-state index contributed by atoms with van der Waals surface area (Å²) in [5.41, 5.74) is 3.42. The van der Waals surface area contributed by atoms with E-state index in [1.807, 2.05) is 18.2 Å². The SMILES string of the molecule is COc1ccc(CC2c3c(ccc(OC)c3O)CCN2C)cc1. The van der Waals surface area contributed by atoms with Gasteiger partial charge in [-0.2, -0.15) is 0 Å². The van der Waals surface area contributed by atoms with Crippen LogP contribution in [0.3, 0.4) is 0 Å². The van der Waals surface area contributed by atoms with Gasteiger partial charge in [0.15, 0.2) is 11.5 Å². The van der Waals surface area contributed by atoms with Crippen LogP contribution in [0, 0.1) is 0 Å². The van der Waals surface area contributed by atoms with Gasteiger partial charge in [-0.05, 0) is 49.2 Å². The van der Waals surface area contributed by atoms with Crippen LogP contribution in [0.5, 0.6) is 17.2 Å². The number of hydrogen-bond acceptors (Lipinski definition) is 4. The second kappa shape index (κ2) is 6.50. The van der Waals surface area contributed by atoms with Crippen molar-refractivity contribution in [3.8, 4) is 17.2 Å². The molecule has 0 saturated carbocycles. The second-order valence-electron chi connectivity index (χ2n) is 5.99. The average molecular weight is 313 g/mol. The summed E-state index contributed by atoms with van der Waals surface area (Å²) in [6, 6.07) is 12.2. The van der Waals surface area contributed by atoms with Crippen LogP contribution in [-0.2, 0) is 12.8 Å². The molecule has 3 rings (SSSR count). The zero-order chi connectivity index (χ0) is 16.4. The van der Waals surface area contributed by atoms with Crippen molar-refractivity contribution in [3.63, 3.8) is 0 Å². The van der Waals surface area contributed by atoms with Crippen molar-refractivity contribution in [2.45, 2.75) is 18.9 Å². The molecule has 1 N–H and O–H groups in total. The standard InChI is InChI=1S/C19H23NO3/c1-20-11-10-14-6-9-17(23-3)19(21)18(14)16(20)12-13-4-7-15(22-2)8-5-13/h4-9,16,21H,10-12H2,1-3H3. The van der Waals surface area contributed by atoms with E-state index in [1.54, 1.807) is 14.2 Å². The third kappa shape index (κ3) is 2.99. The van der Waals surface area contributed by atoms with Gasteiger partial charge in [-0.15, -0.1) is 0 Å². The van der Waals surface area contributed by atoms with Gasteiger partial charge in [0.05, 0.1) is 14.2 Å². The number of hydrogen-bond donors (Lipinski definition) is 1. The van der Waals surface area contributed by atoms with Gasteiger partial charge >= 0.3 is 0 Å². The van der Waals surface area contributed by atoms with Crippen molar-refractivity contribution in [3.05, 3.63) is 53.1 Å². The molecule has 23 heavy (non-hydrogen) atoms. The number of methoxy groups -OCH3 is 2. The van der Waals surface area contributed by atoms with Crippen LogP contribution >= 0.6 is 0 Å². The van der Waals surface area contributed by atoms with E-state index in [4.69, 9.17) is 9.47 Å². The fraction of sp³-hybridized carbons (Fsp3) is 0.368. The molecule has 0 fully saturated rings. The van der Waals surface area contributed by atoms with E-state index in [-0.39, 0.29) is 11.8 Å². The first-order valence-corrected chi connectivity index (χ1v) is 7.86. The third-order valence-electron chi connectivity index (χ3n) is 4.68. The van der Waals surface area contributed by atoms with Crippen LogP contribution in [-0.4, -0.2) is 37.8 Å². The van der Waals surface area contributed by atoms with Crippen molar-refractivity contribution in [1.29, 1.82) is 0 Å². The molecule has 122 valence electrons. The summed E-state index contributed by atoms with van der Waals surface area (Å²) in [6.45, 7) is 0.986. The lowest BCUT2D eigenvalue weighted by Crippen LogP contribution is -2.33. The summed E-state index contributed by atoms with van der Waals surface area (Å²) in [7, 11) is 5.37. The largest absolute Gasteiger partial charge is 0.504 e. The number of likely N-dealkylation sites (N-methyl/N-ethyl adjacent to an activating group) is 1. The molecule has 0 spiro atoms. The molecule has 1 unspecified atom stereocenters. The summed E-state index contributed by atoms with van der Waals surface area (Å²) < 4.78 is 10.5. The van der Waals surface area contributed by atoms with Crippen LogP contribution < -0.4 is 9.47 Å². The highest BCUT2D eigenvalue weighted by atomic mass is 16.5. The molecule has 0 amide bonds. The average Bonchev–Trinajstić information content (AvgIpc) is 2.58. The number of phenols is 1. The van der Waals surface area contributed by atoms with Gasteiger partial charge in [0.25, 0.3) is 0 Å². The van der Waals surface area contributed by atoms with Gasteiger partial charge in [-0.3, -0.25) is 4.90 Å². The molecule has 1 heterocycles. The molecule has 0 radical (unpaired) electrons. The topological polar surface area (TPSA) is 41.9 Å². The Morgan fingerprint density at radius 1 is 1.09 bits per heavy atom.